The minimum atomic E-state index is -3.21. The second kappa shape index (κ2) is 13.4. The zero-order valence-electron chi connectivity index (χ0n) is 27.8. The molecule has 268 valence electrons. The van der Waals surface area contributed by atoms with Crippen molar-refractivity contribution in [2.24, 2.45) is 11.1 Å². The van der Waals surface area contributed by atoms with Crippen molar-refractivity contribution in [1.82, 2.24) is 25.8 Å². The number of hydrogen-bond acceptors (Lipinski definition) is 7. The van der Waals surface area contributed by atoms with Crippen molar-refractivity contribution in [3.63, 3.8) is 0 Å². The summed E-state index contributed by atoms with van der Waals surface area (Å²) in [4.78, 5) is 67.7. The van der Waals surface area contributed by atoms with E-state index in [2.05, 4.69) is 16.0 Å². The lowest BCUT2D eigenvalue weighted by Crippen LogP contribution is -2.51. The number of carboxylic acid groups (broad SMARTS) is 1. The van der Waals surface area contributed by atoms with Crippen LogP contribution in [0.25, 0.3) is 11.1 Å². The van der Waals surface area contributed by atoms with E-state index in [0.717, 1.165) is 9.78 Å². The van der Waals surface area contributed by atoms with Gasteiger partial charge in [0, 0.05) is 70.5 Å². The Morgan fingerprint density at radius 2 is 1.78 bits per heavy atom. The molecular weight excluding hydrogens is 684 g/mol. The van der Waals surface area contributed by atoms with E-state index in [1.807, 2.05) is 0 Å². The topological polar surface area (TPSA) is 198 Å². The second-order valence-electron chi connectivity index (χ2n) is 13.2. The standard InChI is InChI=1S/C35H37F2N7O6S/c1-18(27-12-21(16-51-27)30(38)39)42-32(48)26-13-34(17-43(33(49)50)10-9-40-19(2)45)14-28(34)44(26)29(46)15-41-31(47)20-7-8-25-23(11-20)22-5-3-4-6-24(22)35(25,36)37/h3-8,11-12,16,18,26,28H,9-10,13-15,17H2,1-2H3,(H3,38,39)(H,40,45)(H,41,47)(H,42,48)(H,49,50)/t18-,26+,28+,34-/m1/s1. The maximum Gasteiger partial charge on any atom is 0.407 e. The minimum Gasteiger partial charge on any atom is -0.465 e. The summed E-state index contributed by atoms with van der Waals surface area (Å²) in [7, 11) is 0. The number of rotatable bonds is 12. The van der Waals surface area contributed by atoms with Crippen molar-refractivity contribution in [2.75, 3.05) is 26.2 Å². The fraction of sp³-hybridized carbons (Fsp3) is 0.371. The highest BCUT2D eigenvalue weighted by molar-refractivity contribution is 7.10. The van der Waals surface area contributed by atoms with Crippen LogP contribution in [-0.2, 0) is 20.3 Å². The Hall–Kier alpha value is -5.38. The number of hydrogen-bond donors (Lipinski definition) is 6. The lowest BCUT2D eigenvalue weighted by molar-refractivity contribution is -0.139. The molecule has 1 saturated heterocycles. The molecule has 3 aliphatic rings. The van der Waals surface area contributed by atoms with Gasteiger partial charge in [0.25, 0.3) is 11.8 Å². The highest BCUT2D eigenvalue weighted by atomic mass is 32.1. The fourth-order valence-corrected chi connectivity index (χ4v) is 8.12. The average molecular weight is 722 g/mol. The van der Waals surface area contributed by atoms with E-state index in [1.165, 1.54) is 53.5 Å². The van der Waals surface area contributed by atoms with E-state index in [1.54, 1.807) is 30.5 Å². The van der Waals surface area contributed by atoms with E-state index in [4.69, 9.17) is 11.1 Å². The molecule has 4 atom stereocenters. The van der Waals surface area contributed by atoms with E-state index in [9.17, 15) is 29.1 Å². The lowest BCUT2D eigenvalue weighted by atomic mass is 9.98. The van der Waals surface area contributed by atoms with Crippen LogP contribution in [0.4, 0.5) is 13.6 Å². The number of thiophene rings is 1. The van der Waals surface area contributed by atoms with Gasteiger partial charge < -0.3 is 36.6 Å². The second-order valence-corrected chi connectivity index (χ2v) is 14.2. The molecule has 2 fully saturated rings. The first-order valence-electron chi connectivity index (χ1n) is 16.3. The molecule has 0 bridgehead atoms. The van der Waals surface area contributed by atoms with E-state index >= 15 is 8.78 Å². The lowest BCUT2D eigenvalue weighted by Gasteiger charge is -2.28. The molecule has 13 nitrogen and oxygen atoms in total. The first-order valence-corrected chi connectivity index (χ1v) is 17.2. The van der Waals surface area contributed by atoms with Gasteiger partial charge in [-0.25, -0.2) is 4.79 Å². The van der Waals surface area contributed by atoms with E-state index in [-0.39, 0.29) is 60.1 Å². The molecule has 0 unspecified atom stereocenters. The first-order chi connectivity index (χ1) is 24.1. The predicted octanol–water partition coefficient (Wildman–Crippen LogP) is 3.24. The third-order valence-corrected chi connectivity index (χ3v) is 10.9. The molecule has 2 aromatic carbocycles. The van der Waals surface area contributed by atoms with Crippen LogP contribution in [0.3, 0.4) is 0 Å². The molecule has 0 spiro atoms. The Bertz CT molecular complexity index is 1950. The number of nitrogens with two attached hydrogens (primary N) is 1. The number of carbonyl (C=O) groups is 5. The monoisotopic (exact) mass is 721 g/mol. The van der Waals surface area contributed by atoms with Crippen molar-refractivity contribution in [3.05, 3.63) is 81.0 Å². The molecule has 3 aromatic rings. The Morgan fingerprint density at radius 1 is 1.06 bits per heavy atom. The third kappa shape index (κ3) is 6.74. The van der Waals surface area contributed by atoms with Crippen molar-refractivity contribution in [1.29, 1.82) is 5.41 Å². The zero-order chi connectivity index (χ0) is 36.8. The van der Waals surface area contributed by atoms with Gasteiger partial charge in [-0.2, -0.15) is 8.78 Å². The number of carbonyl (C=O) groups excluding carboxylic acids is 4. The predicted molar refractivity (Wildman–Crippen MR) is 183 cm³/mol. The molecule has 7 N–H and O–H groups in total. The molecule has 6 rings (SSSR count). The summed E-state index contributed by atoms with van der Waals surface area (Å²) in [5.74, 6) is -5.33. The molecule has 16 heteroatoms. The SMILES string of the molecule is CC(=O)NCCN(C[C@@]12C[C@@H]1N(C(=O)CNC(=O)c1ccc3c(c1)-c1ccccc1C3(F)F)[C@H](C(=O)N[C@H](C)c1cc(C(=N)N)cs1)C2)C(=O)O. The van der Waals surface area contributed by atoms with Crippen molar-refractivity contribution >= 4 is 46.9 Å². The highest BCUT2D eigenvalue weighted by Crippen LogP contribution is 2.60. The molecule has 5 amide bonds. The minimum absolute atomic E-state index is 0.00926. The van der Waals surface area contributed by atoms with E-state index in [0.29, 0.717) is 17.5 Å². The van der Waals surface area contributed by atoms with Crippen LogP contribution < -0.4 is 21.7 Å². The number of nitrogen functional groups attached to an aromatic ring is 1. The van der Waals surface area contributed by atoms with Crippen molar-refractivity contribution in [3.8, 4) is 11.1 Å². The summed E-state index contributed by atoms with van der Waals surface area (Å²) in [5.41, 5.74) is 5.65. The summed E-state index contributed by atoms with van der Waals surface area (Å²) in [6.45, 7) is 2.71. The largest absolute Gasteiger partial charge is 0.465 e. The van der Waals surface area contributed by atoms with Crippen LogP contribution in [0.2, 0.25) is 0 Å². The van der Waals surface area contributed by atoms with Gasteiger partial charge in [0.15, 0.2) is 0 Å². The Balaban J connectivity index is 1.18. The summed E-state index contributed by atoms with van der Waals surface area (Å²) in [6.07, 6.45) is -0.608. The molecule has 0 radical (unpaired) electrons. The van der Waals surface area contributed by atoms with Gasteiger partial charge in [-0.3, -0.25) is 24.6 Å². The Labute approximate surface area is 295 Å². The van der Waals surface area contributed by atoms with Gasteiger partial charge in [0.05, 0.1) is 12.6 Å². The van der Waals surface area contributed by atoms with Crippen molar-refractivity contribution in [2.45, 2.75) is 50.7 Å². The highest BCUT2D eigenvalue weighted by Gasteiger charge is 2.67. The summed E-state index contributed by atoms with van der Waals surface area (Å²) < 4.78 is 30.1. The zero-order valence-corrected chi connectivity index (χ0v) is 28.6. The number of amides is 5. The van der Waals surface area contributed by atoms with Crippen molar-refractivity contribution < 1.29 is 37.9 Å². The van der Waals surface area contributed by atoms with Gasteiger partial charge in [-0.05, 0) is 49.1 Å². The summed E-state index contributed by atoms with van der Waals surface area (Å²) in [6, 6.07) is 9.67. The number of amidine groups is 1. The quantitative estimate of drug-likeness (QED) is 0.122. The van der Waals surface area contributed by atoms with Crippen LogP contribution in [0, 0.1) is 10.8 Å². The van der Waals surface area contributed by atoms with Gasteiger partial charge in [-0.1, -0.05) is 30.3 Å². The number of nitrogens with zero attached hydrogens (tertiary/aromatic N) is 2. The van der Waals surface area contributed by atoms with Gasteiger partial charge in [-0.15, -0.1) is 11.3 Å². The molecule has 1 aromatic heterocycles. The summed E-state index contributed by atoms with van der Waals surface area (Å²) >= 11 is 1.31. The molecular formula is C35H37F2N7O6S. The van der Waals surface area contributed by atoms with Crippen LogP contribution in [-0.4, -0.2) is 88.7 Å². The molecule has 1 saturated carbocycles. The molecule has 2 aliphatic carbocycles. The number of piperidine rings is 1. The van der Waals surface area contributed by atoms with Crippen LogP contribution in [0.1, 0.15) is 64.7 Å². The van der Waals surface area contributed by atoms with Gasteiger partial charge in [0.1, 0.15) is 11.9 Å². The molecule has 51 heavy (non-hydrogen) atoms. The van der Waals surface area contributed by atoms with Crippen LogP contribution in [0.15, 0.2) is 53.9 Å². The first kappa shape index (κ1) is 35.4. The third-order valence-electron chi connectivity index (χ3n) is 9.83. The van der Waals surface area contributed by atoms with E-state index < -0.39 is 59.8 Å². The fourth-order valence-electron chi connectivity index (χ4n) is 7.20. The molecule has 1 aliphatic heterocycles. The number of nitrogens with one attached hydrogen (secondary N) is 4. The Morgan fingerprint density at radius 3 is 2.47 bits per heavy atom. The number of fused-ring (bicyclic) bond motifs is 4. The molecule has 2 heterocycles. The summed E-state index contributed by atoms with van der Waals surface area (Å²) in [5, 5.41) is 27.3. The van der Waals surface area contributed by atoms with Gasteiger partial charge >= 0.3 is 6.09 Å². The number of benzene rings is 2. The van der Waals surface area contributed by atoms with Gasteiger partial charge in [0.2, 0.25) is 17.7 Å². The Kier molecular flexibility index (Phi) is 9.31. The average Bonchev–Trinajstić information content (AvgIpc) is 3.37. The van der Waals surface area contributed by atoms with Crippen LogP contribution >= 0.6 is 11.3 Å². The number of alkyl halides is 2. The normalized spacial score (nSPS) is 21.1. The number of halogens is 2. The number of likely N-dealkylation sites (tertiary alicyclic amines) is 1. The maximum absolute atomic E-state index is 15.0. The smallest absolute Gasteiger partial charge is 0.407 e. The maximum atomic E-state index is 15.0. The van der Waals surface area contributed by atoms with Crippen LogP contribution in [0.5, 0.6) is 0 Å².